The minimum atomic E-state index is -0.318. The maximum Gasteiger partial charge on any atom is 0.278 e. The molecule has 0 spiro atoms. The van der Waals surface area contributed by atoms with E-state index >= 15 is 0 Å². The molecule has 0 atom stereocenters. The third kappa shape index (κ3) is 3.21. The highest BCUT2D eigenvalue weighted by Crippen LogP contribution is 2.23. The third-order valence-electron chi connectivity index (χ3n) is 1.72. The van der Waals surface area contributed by atoms with Crippen LogP contribution >= 0.6 is 15.9 Å². The first-order chi connectivity index (χ1) is 7.19. The number of carbonyl (C=O) groups is 1. The minimum Gasteiger partial charge on any atom is -0.496 e. The van der Waals surface area contributed by atoms with E-state index in [2.05, 4.69) is 21.4 Å². The Morgan fingerprint density at radius 2 is 2.27 bits per heavy atom. The highest BCUT2D eigenvalue weighted by molar-refractivity contribution is 9.10. The number of methoxy groups -OCH3 is 1. The number of amides is 1. The molecule has 0 heterocycles. The fourth-order valence-electron chi connectivity index (χ4n) is 1.05. The van der Waals surface area contributed by atoms with Gasteiger partial charge in [-0.15, -0.1) is 0 Å². The molecule has 0 radical (unpaired) electrons. The van der Waals surface area contributed by atoms with E-state index in [1.807, 2.05) is 0 Å². The van der Waals surface area contributed by atoms with Crippen molar-refractivity contribution < 1.29 is 14.4 Å². The molecule has 0 fully saturated rings. The van der Waals surface area contributed by atoms with Crippen molar-refractivity contribution >= 4 is 21.8 Å². The van der Waals surface area contributed by atoms with Crippen molar-refractivity contribution in [3.8, 4) is 5.75 Å². The van der Waals surface area contributed by atoms with Crippen molar-refractivity contribution in [3.05, 3.63) is 28.2 Å². The second kappa shape index (κ2) is 5.72. The van der Waals surface area contributed by atoms with Gasteiger partial charge in [-0.1, -0.05) is 15.9 Å². The predicted octanol–water partition coefficient (Wildman–Crippen LogP) is 2.14. The molecule has 0 bridgehead atoms. The van der Waals surface area contributed by atoms with E-state index in [0.717, 1.165) is 4.47 Å². The Morgan fingerprint density at radius 1 is 1.53 bits per heavy atom. The predicted molar refractivity (Wildman–Crippen MR) is 59.8 cm³/mol. The van der Waals surface area contributed by atoms with Crippen LogP contribution in [0.15, 0.2) is 22.7 Å². The molecule has 1 aromatic rings. The van der Waals surface area contributed by atoms with Crippen molar-refractivity contribution in [1.29, 1.82) is 0 Å². The van der Waals surface area contributed by atoms with Gasteiger partial charge in [0.15, 0.2) is 0 Å². The molecule has 0 aliphatic rings. The number of carbonyl (C=O) groups excluding carboxylic acids is 1. The van der Waals surface area contributed by atoms with Crippen LogP contribution in [0, 0.1) is 0 Å². The maximum absolute atomic E-state index is 11.6. The number of rotatable bonds is 4. The lowest BCUT2D eigenvalue weighted by Crippen LogP contribution is -2.24. The van der Waals surface area contributed by atoms with E-state index in [0.29, 0.717) is 17.9 Å². The lowest BCUT2D eigenvalue weighted by Gasteiger charge is -2.08. The molecule has 1 N–H and O–H groups in total. The Hall–Kier alpha value is -1.07. The monoisotopic (exact) mass is 273 g/mol. The normalized spacial score (nSPS) is 9.80. The van der Waals surface area contributed by atoms with E-state index in [-0.39, 0.29) is 5.91 Å². The topological polar surface area (TPSA) is 47.6 Å². The number of halogens is 1. The molecular formula is C10H12BrNO3. The fourth-order valence-corrected chi connectivity index (χ4v) is 1.39. The quantitative estimate of drug-likeness (QED) is 0.856. The van der Waals surface area contributed by atoms with E-state index < -0.39 is 0 Å². The molecule has 15 heavy (non-hydrogen) atoms. The lowest BCUT2D eigenvalue weighted by atomic mass is 10.2. The summed E-state index contributed by atoms with van der Waals surface area (Å²) >= 11 is 3.30. The van der Waals surface area contributed by atoms with Crippen LogP contribution < -0.4 is 10.2 Å². The number of ether oxygens (including phenoxy) is 1. The van der Waals surface area contributed by atoms with Crippen molar-refractivity contribution in [2.24, 2.45) is 0 Å². The standard InChI is InChI=1S/C10H12BrNO3/c1-3-15-12-10(13)8-5-4-7(11)6-9(8)14-2/h4-6H,3H2,1-2H3,(H,12,13). The van der Waals surface area contributed by atoms with Gasteiger partial charge in [-0.05, 0) is 25.1 Å². The zero-order valence-electron chi connectivity index (χ0n) is 8.54. The van der Waals surface area contributed by atoms with Crippen LogP contribution in [0.4, 0.5) is 0 Å². The van der Waals surface area contributed by atoms with Gasteiger partial charge in [-0.2, -0.15) is 0 Å². The van der Waals surface area contributed by atoms with Gasteiger partial charge in [-0.3, -0.25) is 9.63 Å². The first kappa shape index (κ1) is 12.0. The largest absolute Gasteiger partial charge is 0.496 e. The van der Waals surface area contributed by atoms with Crippen LogP contribution in [0.3, 0.4) is 0 Å². The second-order valence-electron chi connectivity index (χ2n) is 2.71. The van der Waals surface area contributed by atoms with Gasteiger partial charge < -0.3 is 4.74 Å². The van der Waals surface area contributed by atoms with Gasteiger partial charge in [0.1, 0.15) is 5.75 Å². The summed E-state index contributed by atoms with van der Waals surface area (Å²) < 4.78 is 5.93. The van der Waals surface area contributed by atoms with Crippen LogP contribution in [0.2, 0.25) is 0 Å². The molecule has 1 rings (SSSR count). The van der Waals surface area contributed by atoms with Gasteiger partial charge in [-0.25, -0.2) is 5.48 Å². The molecule has 1 aromatic carbocycles. The summed E-state index contributed by atoms with van der Waals surface area (Å²) in [4.78, 5) is 16.4. The van der Waals surface area contributed by atoms with Crippen LogP contribution in [-0.2, 0) is 4.84 Å². The first-order valence-electron chi connectivity index (χ1n) is 4.44. The van der Waals surface area contributed by atoms with E-state index in [1.165, 1.54) is 7.11 Å². The summed E-state index contributed by atoms with van der Waals surface area (Å²) in [5.74, 6) is 0.183. The van der Waals surface area contributed by atoms with Crippen LogP contribution in [-0.4, -0.2) is 19.6 Å². The van der Waals surface area contributed by atoms with Gasteiger partial charge >= 0.3 is 0 Å². The van der Waals surface area contributed by atoms with Crippen molar-refractivity contribution in [2.45, 2.75) is 6.92 Å². The minimum absolute atomic E-state index is 0.318. The van der Waals surface area contributed by atoms with Crippen LogP contribution in [0.25, 0.3) is 0 Å². The molecule has 0 aliphatic carbocycles. The Morgan fingerprint density at radius 3 is 2.87 bits per heavy atom. The Balaban J connectivity index is 2.87. The number of benzene rings is 1. The Kier molecular flexibility index (Phi) is 4.58. The molecule has 0 aromatic heterocycles. The summed E-state index contributed by atoms with van der Waals surface area (Å²) in [7, 11) is 1.51. The fraction of sp³-hybridized carbons (Fsp3) is 0.300. The molecule has 0 saturated carbocycles. The number of hydrogen-bond donors (Lipinski definition) is 1. The number of hydrogen-bond acceptors (Lipinski definition) is 3. The molecule has 1 amide bonds. The molecular weight excluding hydrogens is 262 g/mol. The average molecular weight is 274 g/mol. The summed E-state index contributed by atoms with van der Waals surface area (Å²) in [5.41, 5.74) is 2.75. The summed E-state index contributed by atoms with van der Waals surface area (Å²) in [6.45, 7) is 2.21. The van der Waals surface area contributed by atoms with Gasteiger partial charge in [0.2, 0.25) is 0 Å². The Labute approximate surface area is 96.7 Å². The van der Waals surface area contributed by atoms with E-state index in [1.54, 1.807) is 25.1 Å². The first-order valence-corrected chi connectivity index (χ1v) is 5.24. The van der Waals surface area contributed by atoms with Crippen molar-refractivity contribution in [1.82, 2.24) is 5.48 Å². The molecule has 0 aliphatic heterocycles. The van der Waals surface area contributed by atoms with Gasteiger partial charge in [0.25, 0.3) is 5.91 Å². The Bertz CT molecular complexity index is 355. The maximum atomic E-state index is 11.6. The lowest BCUT2D eigenvalue weighted by molar-refractivity contribution is 0.0362. The zero-order chi connectivity index (χ0) is 11.3. The summed E-state index contributed by atoms with van der Waals surface area (Å²) in [6.07, 6.45) is 0. The SMILES string of the molecule is CCONC(=O)c1ccc(Br)cc1OC. The van der Waals surface area contributed by atoms with Crippen LogP contribution in [0.5, 0.6) is 5.75 Å². The third-order valence-corrected chi connectivity index (χ3v) is 2.21. The number of nitrogens with one attached hydrogen (secondary N) is 1. The van der Waals surface area contributed by atoms with E-state index in [4.69, 9.17) is 9.57 Å². The van der Waals surface area contributed by atoms with Crippen molar-refractivity contribution in [2.75, 3.05) is 13.7 Å². The van der Waals surface area contributed by atoms with Crippen LogP contribution in [0.1, 0.15) is 17.3 Å². The molecule has 0 saturated heterocycles. The van der Waals surface area contributed by atoms with Crippen molar-refractivity contribution in [3.63, 3.8) is 0 Å². The smallest absolute Gasteiger partial charge is 0.278 e. The molecule has 5 heteroatoms. The van der Waals surface area contributed by atoms with Gasteiger partial charge in [0.05, 0.1) is 19.3 Å². The highest BCUT2D eigenvalue weighted by Gasteiger charge is 2.11. The molecule has 0 unspecified atom stereocenters. The number of hydroxylamine groups is 1. The molecule has 82 valence electrons. The average Bonchev–Trinajstić information content (AvgIpc) is 2.25. The summed E-state index contributed by atoms with van der Waals surface area (Å²) in [5, 5.41) is 0. The van der Waals surface area contributed by atoms with E-state index in [9.17, 15) is 4.79 Å². The highest BCUT2D eigenvalue weighted by atomic mass is 79.9. The summed E-state index contributed by atoms with van der Waals surface area (Å²) in [6, 6.07) is 5.15. The molecule has 4 nitrogen and oxygen atoms in total. The second-order valence-corrected chi connectivity index (χ2v) is 3.62. The zero-order valence-corrected chi connectivity index (χ0v) is 10.1. The van der Waals surface area contributed by atoms with Gasteiger partial charge in [0, 0.05) is 4.47 Å².